The van der Waals surface area contributed by atoms with Gasteiger partial charge in [-0.2, -0.15) is 0 Å². The van der Waals surface area contributed by atoms with E-state index in [1.165, 1.54) is 30.6 Å². The number of ether oxygens (including phenoxy) is 1. The third-order valence-electron chi connectivity index (χ3n) is 3.39. The molecule has 0 saturated heterocycles. The maximum absolute atomic E-state index is 14.4. The molecule has 0 fully saturated rings. The molecule has 0 saturated carbocycles. The molecule has 7 heteroatoms. The molecule has 0 atom stereocenters. The molecule has 3 rings (SSSR count). The first-order chi connectivity index (χ1) is 12.1. The fraction of sp³-hybridized carbons (Fsp3) is 0.0556. The molecular weight excluding hydrogens is 323 g/mol. The second-order valence-electron chi connectivity index (χ2n) is 5.14. The Hall–Kier alpha value is -3.48. The number of benzene rings is 2. The third-order valence-corrected chi connectivity index (χ3v) is 3.39. The molecular formula is C18H15FN4O2. The summed E-state index contributed by atoms with van der Waals surface area (Å²) in [5.41, 5.74) is 6.53. The lowest BCUT2D eigenvalue weighted by Crippen LogP contribution is -2.20. The second-order valence-corrected chi connectivity index (χ2v) is 5.14. The zero-order valence-electron chi connectivity index (χ0n) is 13.1. The van der Waals surface area contributed by atoms with Gasteiger partial charge in [-0.05, 0) is 17.7 Å². The minimum Gasteiger partial charge on any atom is -0.471 e. The molecule has 0 aliphatic heterocycles. The molecule has 2 aromatic carbocycles. The summed E-state index contributed by atoms with van der Waals surface area (Å²) in [5, 5.41) is 2.39. The molecule has 0 radical (unpaired) electrons. The lowest BCUT2D eigenvalue weighted by atomic mass is 10.1. The van der Waals surface area contributed by atoms with E-state index in [1.807, 2.05) is 30.3 Å². The number of aromatic nitrogens is 2. The van der Waals surface area contributed by atoms with Crippen molar-refractivity contribution in [2.75, 3.05) is 5.32 Å². The summed E-state index contributed by atoms with van der Waals surface area (Å²) in [6.45, 7) is 0.250. The first-order valence-electron chi connectivity index (χ1n) is 7.48. The van der Waals surface area contributed by atoms with Crippen molar-refractivity contribution in [3.63, 3.8) is 0 Å². The molecule has 1 heterocycles. The molecule has 1 aromatic heterocycles. The number of primary amides is 1. The number of carbonyl (C=O) groups is 1. The number of carbonyl (C=O) groups excluding carboxylic acids is 1. The van der Waals surface area contributed by atoms with Gasteiger partial charge in [-0.15, -0.1) is 0 Å². The Kier molecular flexibility index (Phi) is 4.84. The highest BCUT2D eigenvalue weighted by Crippen LogP contribution is 2.34. The Morgan fingerprint density at radius 3 is 2.60 bits per heavy atom. The van der Waals surface area contributed by atoms with Crippen LogP contribution in [0.2, 0.25) is 0 Å². The van der Waals surface area contributed by atoms with Crippen LogP contribution in [0.15, 0.2) is 60.9 Å². The van der Waals surface area contributed by atoms with Gasteiger partial charge in [0, 0.05) is 12.4 Å². The van der Waals surface area contributed by atoms with E-state index >= 15 is 0 Å². The minimum atomic E-state index is -0.803. The van der Waals surface area contributed by atoms with E-state index in [0.29, 0.717) is 0 Å². The van der Waals surface area contributed by atoms with E-state index in [9.17, 15) is 9.18 Å². The van der Waals surface area contributed by atoms with Gasteiger partial charge in [0.05, 0.1) is 11.3 Å². The van der Waals surface area contributed by atoms with Gasteiger partial charge >= 0.3 is 6.03 Å². The van der Waals surface area contributed by atoms with E-state index in [1.54, 1.807) is 0 Å². The highest BCUT2D eigenvalue weighted by Gasteiger charge is 2.18. The van der Waals surface area contributed by atoms with Crippen LogP contribution >= 0.6 is 0 Å². The van der Waals surface area contributed by atoms with Gasteiger partial charge < -0.3 is 15.8 Å². The third kappa shape index (κ3) is 3.89. The Morgan fingerprint density at radius 1 is 1.08 bits per heavy atom. The quantitative estimate of drug-likeness (QED) is 0.746. The summed E-state index contributed by atoms with van der Waals surface area (Å²) in [5.74, 6) is -0.416. The Labute approximate surface area is 143 Å². The monoisotopic (exact) mass is 338 g/mol. The fourth-order valence-corrected chi connectivity index (χ4v) is 2.33. The van der Waals surface area contributed by atoms with Crippen molar-refractivity contribution in [2.24, 2.45) is 5.73 Å². The van der Waals surface area contributed by atoms with Crippen molar-refractivity contribution in [3.8, 4) is 17.1 Å². The van der Waals surface area contributed by atoms with Gasteiger partial charge in [0.25, 0.3) is 0 Å². The number of urea groups is 1. The van der Waals surface area contributed by atoms with Crippen LogP contribution in [0.4, 0.5) is 14.9 Å². The predicted octanol–water partition coefficient (Wildman–Crippen LogP) is 3.35. The van der Waals surface area contributed by atoms with E-state index in [0.717, 1.165) is 5.56 Å². The van der Waals surface area contributed by atoms with Gasteiger partial charge in [0.2, 0.25) is 5.88 Å². The first-order valence-corrected chi connectivity index (χ1v) is 7.48. The van der Waals surface area contributed by atoms with E-state index in [2.05, 4.69) is 15.3 Å². The molecule has 0 aliphatic carbocycles. The summed E-state index contributed by atoms with van der Waals surface area (Å²) in [7, 11) is 0. The number of halogens is 1. The number of nitrogens with zero attached hydrogens (tertiary/aromatic N) is 2. The van der Waals surface area contributed by atoms with E-state index in [-0.39, 0.29) is 29.4 Å². The topological polar surface area (TPSA) is 90.1 Å². The Balaban J connectivity index is 1.97. The number of hydrogen-bond acceptors (Lipinski definition) is 4. The first kappa shape index (κ1) is 16.4. The smallest absolute Gasteiger partial charge is 0.316 e. The average Bonchev–Trinajstić information content (AvgIpc) is 2.61. The molecule has 3 N–H and O–H groups in total. The largest absolute Gasteiger partial charge is 0.471 e. The number of nitrogens with two attached hydrogens (primary N) is 1. The molecule has 3 aromatic rings. The second kappa shape index (κ2) is 7.39. The molecule has 126 valence electrons. The van der Waals surface area contributed by atoms with E-state index < -0.39 is 11.8 Å². The maximum Gasteiger partial charge on any atom is 0.316 e. The minimum absolute atomic E-state index is 0.0671. The standard InChI is InChI=1S/C18H15FN4O2/c19-13-7-4-8-14(23-18(20)24)15(13)16-17(22-10-9-21-16)25-11-12-5-2-1-3-6-12/h1-10H,11H2,(H3,20,23,24). The number of anilines is 1. The van der Waals surface area contributed by atoms with Crippen LogP contribution in [-0.2, 0) is 6.61 Å². The molecule has 2 amide bonds. The molecule has 0 aliphatic rings. The average molecular weight is 338 g/mol. The van der Waals surface area contributed by atoms with Crippen LogP contribution < -0.4 is 15.8 Å². The highest BCUT2D eigenvalue weighted by molar-refractivity contribution is 5.93. The van der Waals surface area contributed by atoms with Gasteiger partial charge in [-0.1, -0.05) is 36.4 Å². The highest BCUT2D eigenvalue weighted by atomic mass is 19.1. The number of amides is 2. The van der Waals surface area contributed by atoms with Crippen LogP contribution in [-0.4, -0.2) is 16.0 Å². The zero-order chi connectivity index (χ0) is 17.6. The number of hydrogen-bond donors (Lipinski definition) is 2. The van der Waals surface area contributed by atoms with Gasteiger partial charge in [-0.25, -0.2) is 19.2 Å². The van der Waals surface area contributed by atoms with Gasteiger partial charge in [0.15, 0.2) is 0 Å². The van der Waals surface area contributed by atoms with Crippen LogP contribution in [0.5, 0.6) is 5.88 Å². The summed E-state index contributed by atoms with van der Waals surface area (Å²) < 4.78 is 20.1. The zero-order valence-corrected chi connectivity index (χ0v) is 13.1. The normalized spacial score (nSPS) is 10.3. The Bertz CT molecular complexity index is 887. The Morgan fingerprint density at radius 2 is 1.84 bits per heavy atom. The summed E-state index contributed by atoms with van der Waals surface area (Å²) in [4.78, 5) is 19.5. The van der Waals surface area contributed by atoms with E-state index in [4.69, 9.17) is 10.5 Å². The number of rotatable bonds is 5. The molecule has 6 nitrogen and oxygen atoms in total. The fourth-order valence-electron chi connectivity index (χ4n) is 2.33. The number of nitrogens with one attached hydrogen (secondary N) is 1. The lowest BCUT2D eigenvalue weighted by Gasteiger charge is -2.13. The van der Waals surface area contributed by atoms with Crippen molar-refractivity contribution in [2.45, 2.75) is 6.61 Å². The van der Waals surface area contributed by atoms with Crippen molar-refractivity contribution in [1.29, 1.82) is 0 Å². The van der Waals surface area contributed by atoms with Crippen molar-refractivity contribution in [1.82, 2.24) is 9.97 Å². The molecule has 0 unspecified atom stereocenters. The van der Waals surface area contributed by atoms with Crippen LogP contribution in [0.3, 0.4) is 0 Å². The SMILES string of the molecule is NC(=O)Nc1cccc(F)c1-c1nccnc1OCc1ccccc1. The summed E-state index contributed by atoms with van der Waals surface area (Å²) >= 11 is 0. The summed E-state index contributed by atoms with van der Waals surface area (Å²) in [6, 6.07) is 12.9. The van der Waals surface area contributed by atoms with Crippen molar-refractivity contribution in [3.05, 3.63) is 72.3 Å². The molecule has 0 bridgehead atoms. The molecule has 0 spiro atoms. The van der Waals surface area contributed by atoms with Crippen LogP contribution in [0.1, 0.15) is 5.56 Å². The van der Waals surface area contributed by atoms with Gasteiger partial charge in [0.1, 0.15) is 18.1 Å². The van der Waals surface area contributed by atoms with Crippen LogP contribution in [0.25, 0.3) is 11.3 Å². The van der Waals surface area contributed by atoms with Crippen molar-refractivity contribution < 1.29 is 13.9 Å². The van der Waals surface area contributed by atoms with Crippen molar-refractivity contribution >= 4 is 11.7 Å². The van der Waals surface area contributed by atoms with Gasteiger partial charge in [-0.3, -0.25) is 0 Å². The molecule has 25 heavy (non-hydrogen) atoms. The predicted molar refractivity (Wildman–Crippen MR) is 91.4 cm³/mol. The van der Waals surface area contributed by atoms with Crippen LogP contribution in [0, 0.1) is 5.82 Å². The lowest BCUT2D eigenvalue weighted by molar-refractivity contribution is 0.259. The maximum atomic E-state index is 14.4. The summed E-state index contributed by atoms with van der Waals surface area (Å²) in [6.07, 6.45) is 2.87.